The van der Waals surface area contributed by atoms with E-state index in [4.69, 9.17) is 9.47 Å². The number of ether oxygens (including phenoxy) is 2. The van der Waals surface area contributed by atoms with Crippen LogP contribution in [-0.2, 0) is 6.42 Å². The van der Waals surface area contributed by atoms with Crippen LogP contribution < -0.4 is 9.47 Å². The molecule has 0 aliphatic heterocycles. The van der Waals surface area contributed by atoms with Crippen molar-refractivity contribution in [1.82, 2.24) is 4.98 Å². The van der Waals surface area contributed by atoms with Crippen molar-refractivity contribution in [3.05, 3.63) is 60.3 Å². The van der Waals surface area contributed by atoms with E-state index in [1.807, 2.05) is 42.5 Å². The molecule has 1 heterocycles. The van der Waals surface area contributed by atoms with Crippen LogP contribution in [0.1, 0.15) is 18.9 Å². The molecular formula is C19H19NO2. The largest absolute Gasteiger partial charge is 0.496 e. The van der Waals surface area contributed by atoms with Crippen LogP contribution in [0.4, 0.5) is 0 Å². The number of hydrogen-bond acceptors (Lipinski definition) is 3. The van der Waals surface area contributed by atoms with Crippen molar-refractivity contribution in [3.8, 4) is 17.2 Å². The lowest BCUT2D eigenvalue weighted by Gasteiger charge is -2.12. The first-order chi connectivity index (χ1) is 10.8. The van der Waals surface area contributed by atoms with Crippen molar-refractivity contribution < 1.29 is 9.47 Å². The molecule has 112 valence electrons. The zero-order valence-corrected chi connectivity index (χ0v) is 12.9. The maximum Gasteiger partial charge on any atom is 0.138 e. The predicted molar refractivity (Wildman–Crippen MR) is 88.8 cm³/mol. The first-order valence-electron chi connectivity index (χ1n) is 7.50. The van der Waals surface area contributed by atoms with Gasteiger partial charge >= 0.3 is 0 Å². The molecule has 1 aromatic heterocycles. The highest BCUT2D eigenvalue weighted by molar-refractivity contribution is 5.87. The molecule has 0 spiro atoms. The van der Waals surface area contributed by atoms with Gasteiger partial charge in [0, 0.05) is 11.6 Å². The Morgan fingerprint density at radius 3 is 2.55 bits per heavy atom. The number of hydrogen-bond donors (Lipinski definition) is 0. The Kier molecular flexibility index (Phi) is 4.24. The lowest BCUT2D eigenvalue weighted by molar-refractivity contribution is 0.409. The summed E-state index contributed by atoms with van der Waals surface area (Å²) in [5.41, 5.74) is 2.11. The third-order valence-corrected chi connectivity index (χ3v) is 3.59. The molecule has 2 aromatic carbocycles. The van der Waals surface area contributed by atoms with Gasteiger partial charge in [0.1, 0.15) is 17.2 Å². The number of nitrogens with zero attached hydrogens (tertiary/aromatic N) is 1. The number of para-hydroxylation sites is 1. The van der Waals surface area contributed by atoms with Crippen LogP contribution >= 0.6 is 0 Å². The molecule has 3 nitrogen and oxygen atoms in total. The highest BCUT2D eigenvalue weighted by Crippen LogP contribution is 2.33. The molecule has 3 heteroatoms. The van der Waals surface area contributed by atoms with E-state index in [1.54, 1.807) is 13.3 Å². The SMILES string of the molecule is CCCc1cc2nccc(Oc3ccccc3)c2cc1OC. The van der Waals surface area contributed by atoms with Gasteiger partial charge in [0.05, 0.1) is 12.6 Å². The van der Waals surface area contributed by atoms with E-state index in [0.29, 0.717) is 0 Å². The molecule has 0 bridgehead atoms. The Labute approximate surface area is 130 Å². The Bertz CT molecular complexity index is 769. The third kappa shape index (κ3) is 2.89. The van der Waals surface area contributed by atoms with Crippen LogP contribution in [0.3, 0.4) is 0 Å². The lowest BCUT2D eigenvalue weighted by Crippen LogP contribution is -1.94. The average Bonchev–Trinajstić information content (AvgIpc) is 2.56. The first-order valence-corrected chi connectivity index (χ1v) is 7.50. The zero-order valence-electron chi connectivity index (χ0n) is 12.9. The molecule has 0 unspecified atom stereocenters. The van der Waals surface area contributed by atoms with E-state index in [0.717, 1.165) is 41.0 Å². The minimum Gasteiger partial charge on any atom is -0.496 e. The molecule has 0 atom stereocenters. The van der Waals surface area contributed by atoms with E-state index >= 15 is 0 Å². The molecule has 0 saturated carbocycles. The Morgan fingerprint density at radius 2 is 1.82 bits per heavy atom. The minimum absolute atomic E-state index is 0.789. The van der Waals surface area contributed by atoms with Gasteiger partial charge in [-0.05, 0) is 42.3 Å². The van der Waals surface area contributed by atoms with Gasteiger partial charge in [-0.2, -0.15) is 0 Å². The molecular weight excluding hydrogens is 274 g/mol. The van der Waals surface area contributed by atoms with Crippen molar-refractivity contribution in [3.63, 3.8) is 0 Å². The summed E-state index contributed by atoms with van der Waals surface area (Å²) < 4.78 is 11.5. The number of rotatable bonds is 5. The maximum absolute atomic E-state index is 6.00. The predicted octanol–water partition coefficient (Wildman–Crippen LogP) is 4.99. The second kappa shape index (κ2) is 6.48. The minimum atomic E-state index is 0.789. The maximum atomic E-state index is 6.00. The van der Waals surface area contributed by atoms with Crippen LogP contribution in [0, 0.1) is 0 Å². The van der Waals surface area contributed by atoms with Crippen molar-refractivity contribution in [2.75, 3.05) is 7.11 Å². The van der Waals surface area contributed by atoms with Gasteiger partial charge in [0.2, 0.25) is 0 Å². The van der Waals surface area contributed by atoms with Gasteiger partial charge in [-0.15, -0.1) is 0 Å². The summed E-state index contributed by atoms with van der Waals surface area (Å²) in [5, 5.41) is 0.961. The number of aryl methyl sites for hydroxylation is 1. The van der Waals surface area contributed by atoms with E-state index in [-0.39, 0.29) is 0 Å². The standard InChI is InChI=1S/C19H19NO2/c1-3-7-14-12-17-16(13-19(14)21-2)18(10-11-20-17)22-15-8-5-4-6-9-15/h4-6,8-13H,3,7H2,1-2H3. The Hall–Kier alpha value is -2.55. The van der Waals surface area contributed by atoms with Crippen LogP contribution in [-0.4, -0.2) is 12.1 Å². The number of fused-ring (bicyclic) bond motifs is 1. The van der Waals surface area contributed by atoms with E-state index in [9.17, 15) is 0 Å². The molecule has 0 amide bonds. The zero-order chi connectivity index (χ0) is 15.4. The molecule has 3 rings (SSSR count). The van der Waals surface area contributed by atoms with Crippen LogP contribution in [0.5, 0.6) is 17.2 Å². The van der Waals surface area contributed by atoms with Crippen molar-refractivity contribution in [1.29, 1.82) is 0 Å². The molecule has 0 aliphatic carbocycles. The summed E-state index contributed by atoms with van der Waals surface area (Å²) in [4.78, 5) is 4.47. The second-order valence-electron chi connectivity index (χ2n) is 5.16. The van der Waals surface area contributed by atoms with Gasteiger partial charge in [0.15, 0.2) is 0 Å². The van der Waals surface area contributed by atoms with E-state index in [2.05, 4.69) is 18.0 Å². The molecule has 0 saturated heterocycles. The fraction of sp³-hybridized carbons (Fsp3) is 0.211. The van der Waals surface area contributed by atoms with Gasteiger partial charge in [-0.3, -0.25) is 4.98 Å². The second-order valence-corrected chi connectivity index (χ2v) is 5.16. The van der Waals surface area contributed by atoms with Crippen LogP contribution in [0.2, 0.25) is 0 Å². The van der Waals surface area contributed by atoms with Crippen molar-refractivity contribution in [2.45, 2.75) is 19.8 Å². The van der Waals surface area contributed by atoms with E-state index < -0.39 is 0 Å². The summed E-state index contributed by atoms with van der Waals surface area (Å²) >= 11 is 0. The molecule has 3 aromatic rings. The molecule has 0 fully saturated rings. The normalized spacial score (nSPS) is 10.6. The smallest absolute Gasteiger partial charge is 0.138 e. The number of aromatic nitrogens is 1. The summed E-state index contributed by atoms with van der Waals surface area (Å²) in [7, 11) is 1.70. The Morgan fingerprint density at radius 1 is 1.00 bits per heavy atom. The first kappa shape index (κ1) is 14.4. The highest BCUT2D eigenvalue weighted by Gasteiger charge is 2.10. The van der Waals surface area contributed by atoms with Crippen LogP contribution in [0.15, 0.2) is 54.7 Å². The van der Waals surface area contributed by atoms with Crippen molar-refractivity contribution in [2.24, 2.45) is 0 Å². The van der Waals surface area contributed by atoms with Crippen molar-refractivity contribution >= 4 is 10.9 Å². The Balaban J connectivity index is 2.07. The fourth-order valence-electron chi connectivity index (χ4n) is 2.55. The number of pyridine rings is 1. The lowest BCUT2D eigenvalue weighted by atomic mass is 10.1. The van der Waals surface area contributed by atoms with Crippen LogP contribution in [0.25, 0.3) is 10.9 Å². The summed E-state index contributed by atoms with van der Waals surface area (Å²) in [5.74, 6) is 2.49. The molecule has 22 heavy (non-hydrogen) atoms. The van der Waals surface area contributed by atoms with Gasteiger partial charge < -0.3 is 9.47 Å². The number of methoxy groups -OCH3 is 1. The van der Waals surface area contributed by atoms with Gasteiger partial charge in [-0.1, -0.05) is 31.5 Å². The summed E-state index contributed by atoms with van der Waals surface area (Å²) in [6.45, 7) is 2.16. The monoisotopic (exact) mass is 293 g/mol. The fourth-order valence-corrected chi connectivity index (χ4v) is 2.55. The van der Waals surface area contributed by atoms with Gasteiger partial charge in [-0.25, -0.2) is 0 Å². The van der Waals surface area contributed by atoms with Gasteiger partial charge in [0.25, 0.3) is 0 Å². The number of benzene rings is 2. The average molecular weight is 293 g/mol. The quantitative estimate of drug-likeness (QED) is 0.664. The topological polar surface area (TPSA) is 31.4 Å². The molecule has 0 aliphatic rings. The third-order valence-electron chi connectivity index (χ3n) is 3.59. The highest BCUT2D eigenvalue weighted by atomic mass is 16.5. The summed E-state index contributed by atoms with van der Waals surface area (Å²) in [6, 6.07) is 15.8. The molecule has 0 N–H and O–H groups in total. The molecule has 0 radical (unpaired) electrons. The van der Waals surface area contributed by atoms with E-state index in [1.165, 1.54) is 5.56 Å². The summed E-state index contributed by atoms with van der Waals surface area (Å²) in [6.07, 6.45) is 3.83.